The Hall–Kier alpha value is -2.05. The van der Waals surface area contributed by atoms with Crippen molar-refractivity contribution in [3.8, 4) is 17.2 Å². The molecule has 0 radical (unpaired) electrons. The van der Waals surface area contributed by atoms with Gasteiger partial charge in [0, 0.05) is 6.42 Å². The fourth-order valence-electron chi connectivity index (χ4n) is 2.32. The van der Waals surface area contributed by atoms with Gasteiger partial charge in [-0.1, -0.05) is 38.1 Å². The summed E-state index contributed by atoms with van der Waals surface area (Å²) in [5.41, 5.74) is 1.15. The number of ether oxygens (including phenoxy) is 2. The number of hydrogen-bond acceptors (Lipinski definition) is 5. The van der Waals surface area contributed by atoms with Crippen LogP contribution in [0.25, 0.3) is 0 Å². The zero-order valence-corrected chi connectivity index (χ0v) is 16.5. The van der Waals surface area contributed by atoms with E-state index in [4.69, 9.17) is 13.7 Å². The molecule has 0 heterocycles. The lowest BCUT2D eigenvalue weighted by molar-refractivity contribution is 0.175. The third-order valence-electron chi connectivity index (χ3n) is 3.76. The molecule has 0 aliphatic rings. The summed E-state index contributed by atoms with van der Waals surface area (Å²) in [5.74, 6) is 2.34. The van der Waals surface area contributed by atoms with Gasteiger partial charge in [-0.15, -0.1) is 0 Å². The second-order valence-electron chi connectivity index (χ2n) is 6.52. The number of benzene rings is 2. The lowest BCUT2D eigenvalue weighted by Crippen LogP contribution is -2.16. The van der Waals surface area contributed by atoms with Crippen molar-refractivity contribution < 1.29 is 22.1 Å². The molecule has 0 fully saturated rings. The van der Waals surface area contributed by atoms with E-state index in [-0.39, 0.29) is 12.7 Å². The summed E-state index contributed by atoms with van der Waals surface area (Å²) in [5, 5.41) is 0. The van der Waals surface area contributed by atoms with Gasteiger partial charge in [0.15, 0.2) is 11.5 Å². The molecule has 0 aliphatic heterocycles. The maximum absolute atomic E-state index is 11.0. The van der Waals surface area contributed by atoms with Crippen LogP contribution in [-0.4, -0.2) is 27.4 Å². The number of hydrogen-bond donors (Lipinski definition) is 0. The Balaban J connectivity index is 2.13. The average Bonchev–Trinajstić information content (AvgIpc) is 2.56. The minimum absolute atomic E-state index is 0.0823. The Bertz CT molecular complexity index is 800. The molecule has 0 unspecified atom stereocenters. The molecule has 1 atom stereocenters. The van der Waals surface area contributed by atoms with Crippen molar-refractivity contribution in [3.63, 3.8) is 0 Å². The third-order valence-corrected chi connectivity index (χ3v) is 4.35. The van der Waals surface area contributed by atoms with Crippen LogP contribution in [0, 0.1) is 0 Å². The zero-order valence-electron chi connectivity index (χ0n) is 15.6. The van der Waals surface area contributed by atoms with Crippen molar-refractivity contribution in [2.75, 3.05) is 12.9 Å². The van der Waals surface area contributed by atoms with E-state index in [1.807, 2.05) is 55.5 Å². The first kappa shape index (κ1) is 20.3. The van der Waals surface area contributed by atoms with Gasteiger partial charge < -0.3 is 9.47 Å². The SMILES string of the molecule is CC(C)c1ccc(O[C@H](C)CCOS(C)(=O)=O)c(Oc2ccccc2)c1. The number of para-hydroxylation sites is 1. The smallest absolute Gasteiger partial charge is 0.264 e. The van der Waals surface area contributed by atoms with Crippen molar-refractivity contribution in [3.05, 3.63) is 54.1 Å². The van der Waals surface area contributed by atoms with Gasteiger partial charge in [-0.2, -0.15) is 8.42 Å². The molecule has 2 aromatic rings. The van der Waals surface area contributed by atoms with E-state index in [0.29, 0.717) is 23.8 Å². The van der Waals surface area contributed by atoms with Crippen LogP contribution in [-0.2, 0) is 14.3 Å². The van der Waals surface area contributed by atoms with E-state index in [2.05, 4.69) is 13.8 Å². The normalized spacial score (nSPS) is 12.8. The van der Waals surface area contributed by atoms with Crippen LogP contribution in [0.3, 0.4) is 0 Å². The minimum Gasteiger partial charge on any atom is -0.487 e. The lowest BCUT2D eigenvalue weighted by Gasteiger charge is -2.19. The highest BCUT2D eigenvalue weighted by molar-refractivity contribution is 7.85. The van der Waals surface area contributed by atoms with Crippen molar-refractivity contribution in [2.24, 2.45) is 0 Å². The molecule has 5 nitrogen and oxygen atoms in total. The monoisotopic (exact) mass is 378 g/mol. The van der Waals surface area contributed by atoms with Crippen LogP contribution in [0.5, 0.6) is 17.2 Å². The van der Waals surface area contributed by atoms with Crippen LogP contribution >= 0.6 is 0 Å². The maximum Gasteiger partial charge on any atom is 0.264 e. The molecule has 0 N–H and O–H groups in total. The third kappa shape index (κ3) is 6.69. The van der Waals surface area contributed by atoms with Gasteiger partial charge in [0.2, 0.25) is 0 Å². The molecular weight excluding hydrogens is 352 g/mol. The Morgan fingerprint density at radius 1 is 0.962 bits per heavy atom. The first-order valence-corrected chi connectivity index (χ1v) is 10.4. The topological polar surface area (TPSA) is 61.8 Å². The summed E-state index contributed by atoms with van der Waals surface area (Å²) < 4.78 is 38.8. The predicted molar refractivity (Wildman–Crippen MR) is 103 cm³/mol. The summed E-state index contributed by atoms with van der Waals surface area (Å²) in [7, 11) is -3.44. The van der Waals surface area contributed by atoms with Gasteiger partial charge in [-0.05, 0) is 42.7 Å². The standard InChI is InChI=1S/C20H26O5S/c1-15(2)17-10-11-19(24-16(3)12-13-23-26(4,21)22)20(14-17)25-18-8-6-5-7-9-18/h5-11,14-16H,12-13H2,1-4H3/t16-/m1/s1. The Morgan fingerprint density at radius 2 is 1.65 bits per heavy atom. The highest BCUT2D eigenvalue weighted by Crippen LogP contribution is 2.35. The quantitative estimate of drug-likeness (QED) is 0.590. The van der Waals surface area contributed by atoms with E-state index in [9.17, 15) is 8.42 Å². The van der Waals surface area contributed by atoms with Gasteiger partial charge in [-0.3, -0.25) is 4.18 Å². The zero-order chi connectivity index (χ0) is 19.2. The molecule has 0 aromatic heterocycles. The van der Waals surface area contributed by atoms with Gasteiger partial charge in [0.25, 0.3) is 10.1 Å². The fourth-order valence-corrected chi connectivity index (χ4v) is 2.72. The molecule has 0 saturated carbocycles. The molecular formula is C20H26O5S. The Morgan fingerprint density at radius 3 is 2.27 bits per heavy atom. The first-order valence-electron chi connectivity index (χ1n) is 8.62. The first-order chi connectivity index (χ1) is 12.2. The van der Waals surface area contributed by atoms with E-state index < -0.39 is 10.1 Å². The molecule has 2 aromatic carbocycles. The van der Waals surface area contributed by atoms with Crippen LogP contribution < -0.4 is 9.47 Å². The second kappa shape index (κ2) is 9.05. The van der Waals surface area contributed by atoms with Crippen molar-refractivity contribution in [1.82, 2.24) is 0 Å². The van der Waals surface area contributed by atoms with Crippen LogP contribution in [0.15, 0.2) is 48.5 Å². The number of rotatable bonds is 9. The van der Waals surface area contributed by atoms with Crippen molar-refractivity contribution in [2.45, 2.75) is 39.2 Å². The lowest BCUT2D eigenvalue weighted by atomic mass is 10.0. The Kier molecular flexibility index (Phi) is 7.06. The summed E-state index contributed by atoms with van der Waals surface area (Å²) in [6.45, 7) is 6.19. The molecule has 142 valence electrons. The van der Waals surface area contributed by atoms with Crippen molar-refractivity contribution in [1.29, 1.82) is 0 Å². The molecule has 6 heteroatoms. The van der Waals surface area contributed by atoms with E-state index in [1.54, 1.807) is 0 Å². The fraction of sp³-hybridized carbons (Fsp3) is 0.400. The summed E-state index contributed by atoms with van der Waals surface area (Å²) in [6, 6.07) is 15.4. The Labute approximate surface area is 156 Å². The molecule has 26 heavy (non-hydrogen) atoms. The molecule has 0 saturated heterocycles. The highest BCUT2D eigenvalue weighted by atomic mass is 32.2. The summed E-state index contributed by atoms with van der Waals surface area (Å²) in [6.07, 6.45) is 1.26. The molecule has 0 amide bonds. The largest absolute Gasteiger partial charge is 0.487 e. The predicted octanol–water partition coefficient (Wildman–Crippen LogP) is 4.74. The summed E-state index contributed by atoms with van der Waals surface area (Å²) in [4.78, 5) is 0. The average molecular weight is 378 g/mol. The summed E-state index contributed by atoms with van der Waals surface area (Å²) >= 11 is 0. The molecule has 0 bridgehead atoms. The molecule has 2 rings (SSSR count). The van der Waals surface area contributed by atoms with E-state index in [0.717, 1.165) is 17.6 Å². The van der Waals surface area contributed by atoms with E-state index in [1.165, 1.54) is 0 Å². The second-order valence-corrected chi connectivity index (χ2v) is 8.16. The van der Waals surface area contributed by atoms with Crippen LogP contribution in [0.2, 0.25) is 0 Å². The van der Waals surface area contributed by atoms with Crippen LogP contribution in [0.4, 0.5) is 0 Å². The molecule has 0 spiro atoms. The van der Waals surface area contributed by atoms with Gasteiger partial charge in [0.05, 0.1) is 19.0 Å². The van der Waals surface area contributed by atoms with E-state index >= 15 is 0 Å². The van der Waals surface area contributed by atoms with Crippen LogP contribution in [0.1, 0.15) is 38.7 Å². The van der Waals surface area contributed by atoms with Gasteiger partial charge >= 0.3 is 0 Å². The maximum atomic E-state index is 11.0. The van der Waals surface area contributed by atoms with Gasteiger partial charge in [0.1, 0.15) is 5.75 Å². The van der Waals surface area contributed by atoms with Gasteiger partial charge in [-0.25, -0.2) is 0 Å². The molecule has 0 aliphatic carbocycles. The highest BCUT2D eigenvalue weighted by Gasteiger charge is 2.14. The minimum atomic E-state index is -3.44. The van der Waals surface area contributed by atoms with Crippen molar-refractivity contribution >= 4 is 10.1 Å².